The van der Waals surface area contributed by atoms with Gasteiger partial charge >= 0.3 is 0 Å². The minimum absolute atomic E-state index is 0. The number of aliphatic imine (C=N–C) groups is 1. The summed E-state index contributed by atoms with van der Waals surface area (Å²) in [6, 6.07) is 4.06. The molecule has 0 aliphatic carbocycles. The van der Waals surface area contributed by atoms with Crippen LogP contribution in [-0.4, -0.2) is 34.0 Å². The number of halogens is 2. The summed E-state index contributed by atoms with van der Waals surface area (Å²) in [7, 11) is 0. The summed E-state index contributed by atoms with van der Waals surface area (Å²) >= 11 is 3.07. The summed E-state index contributed by atoms with van der Waals surface area (Å²) in [6.07, 6.45) is 2.34. The second kappa shape index (κ2) is 6.78. The van der Waals surface area contributed by atoms with Crippen LogP contribution in [0.5, 0.6) is 0 Å². The molecule has 2 aromatic heterocycles. The summed E-state index contributed by atoms with van der Waals surface area (Å²) in [4.78, 5) is 16.0. The number of anilines is 1. The molecule has 2 aliphatic heterocycles. The van der Waals surface area contributed by atoms with Crippen LogP contribution in [0.25, 0.3) is 0 Å². The van der Waals surface area contributed by atoms with Crippen molar-refractivity contribution in [3.63, 3.8) is 0 Å². The Morgan fingerprint density at radius 1 is 1.40 bits per heavy atom. The fraction of sp³-hybridized carbons (Fsp3) is 0.333. The van der Waals surface area contributed by atoms with Crippen molar-refractivity contribution in [3.05, 3.63) is 40.1 Å². The van der Waals surface area contributed by atoms with Gasteiger partial charge in [0.15, 0.2) is 11.0 Å². The molecule has 0 aromatic carbocycles. The van der Waals surface area contributed by atoms with Crippen LogP contribution >= 0.6 is 35.5 Å². The second-order valence-corrected chi connectivity index (χ2v) is 7.73. The quantitative estimate of drug-likeness (QED) is 0.837. The molecule has 1 saturated heterocycles. The average Bonchev–Trinajstić information content (AvgIpc) is 3.20. The van der Waals surface area contributed by atoms with Crippen LogP contribution in [0.4, 0.5) is 10.3 Å². The van der Waals surface area contributed by atoms with Crippen LogP contribution in [0.2, 0.25) is 0 Å². The van der Waals surface area contributed by atoms with Gasteiger partial charge in [0, 0.05) is 28.5 Å². The Balaban J connectivity index is 0.00000182. The van der Waals surface area contributed by atoms with Crippen molar-refractivity contribution in [1.82, 2.24) is 9.97 Å². The Hall–Kier alpha value is -1.89. The lowest BCUT2D eigenvalue weighted by Crippen LogP contribution is -2.39. The Bertz CT molecular complexity index is 848. The molecule has 0 amide bonds. The Morgan fingerprint density at radius 3 is 2.84 bits per heavy atom. The number of amidine groups is 1. The lowest BCUT2D eigenvalue weighted by Gasteiger charge is -2.33. The van der Waals surface area contributed by atoms with Crippen LogP contribution in [0.15, 0.2) is 28.8 Å². The largest absolute Gasteiger partial charge is 0.379 e. The predicted octanol–water partition coefficient (Wildman–Crippen LogP) is 2.36. The Labute approximate surface area is 158 Å². The molecule has 0 bridgehead atoms. The third-order valence-electron chi connectivity index (χ3n) is 4.33. The molecular formula is C15H14ClFN6S2. The van der Waals surface area contributed by atoms with Crippen molar-refractivity contribution in [2.75, 3.05) is 23.7 Å². The number of thiophene rings is 1. The van der Waals surface area contributed by atoms with Gasteiger partial charge in [-0.2, -0.15) is 5.26 Å². The summed E-state index contributed by atoms with van der Waals surface area (Å²) in [6.45, 7) is 1.28. The topological polar surface area (TPSA) is 91.2 Å². The van der Waals surface area contributed by atoms with Gasteiger partial charge in [-0.05, 0) is 6.07 Å². The van der Waals surface area contributed by atoms with E-state index >= 15 is 0 Å². The van der Waals surface area contributed by atoms with Gasteiger partial charge in [0.1, 0.15) is 11.6 Å². The highest BCUT2D eigenvalue weighted by Gasteiger charge is 2.51. The molecule has 0 spiro atoms. The Morgan fingerprint density at radius 2 is 2.16 bits per heavy atom. The Kier molecular flexibility index (Phi) is 4.86. The number of aromatic nitrogens is 2. The van der Waals surface area contributed by atoms with E-state index in [1.165, 1.54) is 35.5 Å². The van der Waals surface area contributed by atoms with Gasteiger partial charge in [-0.3, -0.25) is 0 Å². The molecule has 130 valence electrons. The third-order valence-corrected chi connectivity index (χ3v) is 6.39. The molecule has 2 N–H and O–H groups in total. The van der Waals surface area contributed by atoms with Gasteiger partial charge in [-0.25, -0.2) is 19.4 Å². The van der Waals surface area contributed by atoms with E-state index in [1.54, 1.807) is 0 Å². The molecule has 0 radical (unpaired) electrons. The molecule has 10 heteroatoms. The molecule has 2 aromatic rings. The van der Waals surface area contributed by atoms with Gasteiger partial charge in [0.2, 0.25) is 5.95 Å². The number of nitrogens with zero attached hydrogens (tertiary/aromatic N) is 5. The number of rotatable bonds is 2. The van der Waals surface area contributed by atoms with E-state index in [4.69, 9.17) is 16.0 Å². The fourth-order valence-corrected chi connectivity index (χ4v) is 5.24. The first-order chi connectivity index (χ1) is 11.6. The standard InChI is InChI=1S/C15H13FN6S2.ClH/c16-11-3-19-14(20-4-11)22-5-10-7-24-13(18)21-15(10,8-22)12-1-9(2-17)6-23-12;/h1,3-4,6,10H,5,7-8H2,(H2,18,21);1H/t10-,15-;/m0./s1. The van der Waals surface area contributed by atoms with Crippen LogP contribution in [0.3, 0.4) is 0 Å². The van der Waals surface area contributed by atoms with E-state index < -0.39 is 11.4 Å². The predicted molar refractivity (Wildman–Crippen MR) is 99.7 cm³/mol. The van der Waals surface area contributed by atoms with Crippen molar-refractivity contribution in [2.24, 2.45) is 16.6 Å². The van der Waals surface area contributed by atoms with Gasteiger partial charge in [-0.1, -0.05) is 11.8 Å². The zero-order chi connectivity index (χ0) is 16.7. The van der Waals surface area contributed by atoms with E-state index in [-0.39, 0.29) is 18.3 Å². The van der Waals surface area contributed by atoms with E-state index in [0.717, 1.165) is 17.2 Å². The maximum atomic E-state index is 13.1. The van der Waals surface area contributed by atoms with Crippen molar-refractivity contribution in [3.8, 4) is 6.07 Å². The van der Waals surface area contributed by atoms with Crippen LogP contribution in [0, 0.1) is 23.1 Å². The number of hydrogen-bond acceptors (Lipinski definition) is 8. The lowest BCUT2D eigenvalue weighted by molar-refractivity contribution is 0.395. The third kappa shape index (κ3) is 3.05. The van der Waals surface area contributed by atoms with Crippen LogP contribution < -0.4 is 10.6 Å². The van der Waals surface area contributed by atoms with Crippen molar-refractivity contribution >= 4 is 46.6 Å². The maximum Gasteiger partial charge on any atom is 0.225 e. The summed E-state index contributed by atoms with van der Waals surface area (Å²) < 4.78 is 13.1. The van der Waals surface area contributed by atoms with Crippen molar-refractivity contribution in [1.29, 1.82) is 5.26 Å². The SMILES string of the molecule is Cl.N#Cc1csc([C@]23CN(c4ncc(F)cn4)C[C@H]2CSC(N)=N3)c1. The molecule has 0 unspecified atom stereocenters. The number of fused-ring (bicyclic) bond motifs is 1. The summed E-state index contributed by atoms with van der Waals surface area (Å²) in [5.74, 6) is 1.10. The summed E-state index contributed by atoms with van der Waals surface area (Å²) in [5, 5.41) is 11.5. The molecule has 4 heterocycles. The second-order valence-electron chi connectivity index (χ2n) is 5.78. The van der Waals surface area contributed by atoms with Gasteiger partial charge < -0.3 is 10.6 Å². The van der Waals surface area contributed by atoms with Crippen LogP contribution in [0.1, 0.15) is 10.4 Å². The minimum atomic E-state index is -0.493. The van der Waals surface area contributed by atoms with Gasteiger partial charge in [0.25, 0.3) is 0 Å². The summed E-state index contributed by atoms with van der Waals surface area (Å²) in [5.41, 5.74) is 6.15. The minimum Gasteiger partial charge on any atom is -0.379 e. The number of nitrogens with two attached hydrogens (primary N) is 1. The maximum absolute atomic E-state index is 13.1. The first-order valence-electron chi connectivity index (χ1n) is 7.30. The highest BCUT2D eigenvalue weighted by atomic mass is 35.5. The number of thioether (sulfide) groups is 1. The molecule has 1 fully saturated rings. The smallest absolute Gasteiger partial charge is 0.225 e. The zero-order valence-electron chi connectivity index (χ0n) is 12.9. The van der Waals surface area contributed by atoms with E-state index in [2.05, 4.69) is 16.0 Å². The van der Waals surface area contributed by atoms with Gasteiger partial charge in [0.05, 0.1) is 24.5 Å². The molecule has 6 nitrogen and oxygen atoms in total. The highest BCUT2D eigenvalue weighted by Crippen LogP contribution is 2.47. The molecular weight excluding hydrogens is 383 g/mol. The molecule has 25 heavy (non-hydrogen) atoms. The molecule has 0 saturated carbocycles. The van der Waals surface area contributed by atoms with Crippen molar-refractivity contribution < 1.29 is 4.39 Å². The number of hydrogen-bond donors (Lipinski definition) is 1. The molecule has 2 atom stereocenters. The first-order valence-corrected chi connectivity index (χ1v) is 9.17. The average molecular weight is 397 g/mol. The van der Waals surface area contributed by atoms with Crippen molar-refractivity contribution in [2.45, 2.75) is 5.54 Å². The molecule has 4 rings (SSSR count). The number of nitriles is 1. The molecule has 2 aliphatic rings. The highest BCUT2D eigenvalue weighted by molar-refractivity contribution is 8.13. The van der Waals surface area contributed by atoms with E-state index in [0.29, 0.717) is 23.2 Å². The van der Waals surface area contributed by atoms with E-state index in [1.807, 2.05) is 16.3 Å². The fourth-order valence-electron chi connectivity index (χ4n) is 3.21. The lowest BCUT2D eigenvalue weighted by atomic mass is 9.87. The van der Waals surface area contributed by atoms with Crippen LogP contribution in [-0.2, 0) is 5.54 Å². The normalized spacial score (nSPS) is 24.9. The first kappa shape index (κ1) is 17.9. The van der Waals surface area contributed by atoms with E-state index in [9.17, 15) is 4.39 Å². The van der Waals surface area contributed by atoms with Gasteiger partial charge in [-0.15, -0.1) is 23.7 Å². The monoisotopic (exact) mass is 396 g/mol. The zero-order valence-corrected chi connectivity index (χ0v) is 15.4.